The Morgan fingerprint density at radius 1 is 1.14 bits per heavy atom. The zero-order valence-corrected chi connectivity index (χ0v) is 22.2. The summed E-state index contributed by atoms with van der Waals surface area (Å²) in [5, 5.41) is 12.5. The van der Waals surface area contributed by atoms with Gasteiger partial charge < -0.3 is 19.4 Å². The maximum Gasteiger partial charge on any atom is 0.251 e. The molecule has 2 heterocycles. The number of hydrogen-bond acceptors (Lipinski definition) is 6. The fourth-order valence-corrected chi connectivity index (χ4v) is 4.58. The number of aryl methyl sites for hydroxylation is 1. The first-order chi connectivity index (χ1) is 17.6. The number of rotatable bonds is 8. The molecule has 0 saturated carbocycles. The minimum absolute atomic E-state index is 0.0619. The molecule has 2 aromatic carbocycles. The van der Waals surface area contributed by atoms with Crippen LogP contribution in [0.15, 0.2) is 59.1 Å². The van der Waals surface area contributed by atoms with Gasteiger partial charge in [-0.3, -0.25) is 9.78 Å². The number of carbonyl (C=O) groups is 1. The molecule has 190 valence electrons. The molecule has 2 aromatic heterocycles. The molecule has 1 N–H and O–H groups in total. The van der Waals surface area contributed by atoms with E-state index in [1.54, 1.807) is 25.4 Å². The van der Waals surface area contributed by atoms with Gasteiger partial charge in [0.25, 0.3) is 5.91 Å². The van der Waals surface area contributed by atoms with Crippen LogP contribution in [0, 0.1) is 23.7 Å². The standard InChI is InChI=1S/C30H32N4O3/c1-19-7-8-20(13-22(19)16-31)23-11-12-32-25-15-27(37-28(23)25)24-10-9-21(14-26(24)36-6)29(35)33-17-30(2,3)18-34(4)5/h7-15H,17-18H2,1-6H3,(H,33,35). The lowest BCUT2D eigenvalue weighted by Gasteiger charge is -2.28. The van der Waals surface area contributed by atoms with Crippen LogP contribution in [0.5, 0.6) is 5.75 Å². The first-order valence-electron chi connectivity index (χ1n) is 12.1. The third-order valence-electron chi connectivity index (χ3n) is 6.28. The molecule has 7 nitrogen and oxygen atoms in total. The Bertz CT molecular complexity index is 1490. The van der Waals surface area contributed by atoms with Gasteiger partial charge in [-0.25, -0.2) is 0 Å². The normalized spacial score (nSPS) is 11.5. The van der Waals surface area contributed by atoms with Crippen LogP contribution < -0.4 is 10.1 Å². The Hall–Kier alpha value is -4.15. The summed E-state index contributed by atoms with van der Waals surface area (Å²) in [6.07, 6.45) is 1.73. The molecule has 0 aliphatic heterocycles. The number of carbonyl (C=O) groups excluding carboxylic acids is 1. The second-order valence-corrected chi connectivity index (χ2v) is 10.3. The number of pyridine rings is 1. The largest absolute Gasteiger partial charge is 0.496 e. The van der Waals surface area contributed by atoms with Crippen LogP contribution in [0.25, 0.3) is 33.6 Å². The van der Waals surface area contributed by atoms with Gasteiger partial charge in [-0.2, -0.15) is 5.26 Å². The molecule has 7 heteroatoms. The van der Waals surface area contributed by atoms with E-state index in [9.17, 15) is 10.1 Å². The van der Waals surface area contributed by atoms with Crippen LogP contribution in [0.1, 0.15) is 35.3 Å². The number of fused-ring (bicyclic) bond motifs is 1. The van der Waals surface area contributed by atoms with Crippen LogP contribution in [0.3, 0.4) is 0 Å². The molecule has 0 spiro atoms. The molecule has 4 rings (SSSR count). The van der Waals surface area contributed by atoms with Crippen LogP contribution in [0.4, 0.5) is 0 Å². The Labute approximate surface area is 217 Å². The Morgan fingerprint density at radius 2 is 1.92 bits per heavy atom. The number of benzene rings is 2. The summed E-state index contributed by atoms with van der Waals surface area (Å²) in [5.41, 5.74) is 5.76. The molecular weight excluding hydrogens is 464 g/mol. The predicted molar refractivity (Wildman–Crippen MR) is 146 cm³/mol. The summed E-state index contributed by atoms with van der Waals surface area (Å²) in [5.74, 6) is 0.958. The molecule has 37 heavy (non-hydrogen) atoms. The molecule has 0 aliphatic carbocycles. The Balaban J connectivity index is 1.65. The highest BCUT2D eigenvalue weighted by atomic mass is 16.5. The van der Waals surface area contributed by atoms with Crippen molar-refractivity contribution in [2.24, 2.45) is 5.41 Å². The third-order valence-corrected chi connectivity index (χ3v) is 6.28. The van der Waals surface area contributed by atoms with Crippen molar-refractivity contribution in [3.63, 3.8) is 0 Å². The van der Waals surface area contributed by atoms with Crippen molar-refractivity contribution in [1.29, 1.82) is 5.26 Å². The lowest BCUT2D eigenvalue weighted by molar-refractivity contribution is 0.0929. The second-order valence-electron chi connectivity index (χ2n) is 10.3. The van der Waals surface area contributed by atoms with E-state index >= 15 is 0 Å². The Morgan fingerprint density at radius 3 is 2.62 bits per heavy atom. The number of nitriles is 1. The van der Waals surface area contributed by atoms with Gasteiger partial charge in [0.15, 0.2) is 5.58 Å². The third kappa shape index (κ3) is 5.65. The van der Waals surface area contributed by atoms with Crippen LogP contribution in [-0.4, -0.2) is 50.1 Å². The second kappa shape index (κ2) is 10.5. The molecule has 1 amide bonds. The summed E-state index contributed by atoms with van der Waals surface area (Å²) in [4.78, 5) is 19.5. The van der Waals surface area contributed by atoms with Gasteiger partial charge in [0.2, 0.25) is 0 Å². The van der Waals surface area contributed by atoms with Crippen molar-refractivity contribution in [1.82, 2.24) is 15.2 Å². The summed E-state index contributed by atoms with van der Waals surface area (Å²) in [6.45, 7) is 7.57. The van der Waals surface area contributed by atoms with E-state index < -0.39 is 0 Å². The van der Waals surface area contributed by atoms with Crippen molar-refractivity contribution >= 4 is 17.0 Å². The van der Waals surface area contributed by atoms with E-state index in [1.165, 1.54) is 0 Å². The summed E-state index contributed by atoms with van der Waals surface area (Å²) < 4.78 is 11.9. The van der Waals surface area contributed by atoms with Gasteiger partial charge in [0.1, 0.15) is 17.0 Å². The molecule has 0 unspecified atom stereocenters. The Kier molecular flexibility index (Phi) is 7.33. The summed E-state index contributed by atoms with van der Waals surface area (Å²) in [7, 11) is 5.62. The number of nitrogens with one attached hydrogen (secondary N) is 1. The van der Waals surface area contributed by atoms with Crippen molar-refractivity contribution in [2.45, 2.75) is 20.8 Å². The van der Waals surface area contributed by atoms with Crippen molar-refractivity contribution in [2.75, 3.05) is 34.3 Å². The molecular formula is C30H32N4O3. The molecule has 4 aromatic rings. The van der Waals surface area contributed by atoms with Crippen LogP contribution >= 0.6 is 0 Å². The molecule has 0 radical (unpaired) electrons. The maximum absolute atomic E-state index is 12.9. The highest BCUT2D eigenvalue weighted by molar-refractivity contribution is 5.96. The van der Waals surface area contributed by atoms with Crippen molar-refractivity contribution in [3.8, 4) is 34.3 Å². The van der Waals surface area contributed by atoms with Crippen LogP contribution in [0.2, 0.25) is 0 Å². The van der Waals surface area contributed by atoms with Gasteiger partial charge in [0.05, 0.1) is 24.3 Å². The monoisotopic (exact) mass is 496 g/mol. The number of ether oxygens (including phenoxy) is 1. The molecule has 0 aliphatic rings. The predicted octanol–water partition coefficient (Wildman–Crippen LogP) is 5.67. The lowest BCUT2D eigenvalue weighted by Crippen LogP contribution is -2.39. The van der Waals surface area contributed by atoms with E-state index in [-0.39, 0.29) is 11.3 Å². The molecule has 0 saturated heterocycles. The van der Waals surface area contributed by atoms with Crippen molar-refractivity contribution < 1.29 is 13.9 Å². The SMILES string of the molecule is COc1cc(C(=O)NCC(C)(C)CN(C)C)ccc1-c1cc2nccc(-c3ccc(C)c(C#N)c3)c2o1. The topological polar surface area (TPSA) is 91.4 Å². The maximum atomic E-state index is 12.9. The van der Waals surface area contributed by atoms with Gasteiger partial charge >= 0.3 is 0 Å². The average molecular weight is 497 g/mol. The van der Waals surface area contributed by atoms with Crippen LogP contribution in [-0.2, 0) is 0 Å². The highest BCUT2D eigenvalue weighted by Crippen LogP contribution is 2.38. The van der Waals surface area contributed by atoms with E-state index in [2.05, 4.69) is 35.1 Å². The van der Waals surface area contributed by atoms with Gasteiger partial charge in [-0.1, -0.05) is 26.0 Å². The molecule has 0 bridgehead atoms. The van der Waals surface area contributed by atoms with E-state index in [1.807, 2.05) is 57.4 Å². The first kappa shape index (κ1) is 25.9. The van der Waals surface area contributed by atoms with E-state index in [0.717, 1.165) is 28.8 Å². The number of methoxy groups -OCH3 is 1. The van der Waals surface area contributed by atoms with Gasteiger partial charge in [-0.05, 0) is 67.9 Å². The minimum atomic E-state index is -0.155. The van der Waals surface area contributed by atoms with E-state index in [0.29, 0.717) is 40.3 Å². The fourth-order valence-electron chi connectivity index (χ4n) is 4.58. The number of aromatic nitrogens is 1. The lowest BCUT2D eigenvalue weighted by atomic mass is 9.93. The summed E-state index contributed by atoms with van der Waals surface area (Å²) >= 11 is 0. The van der Waals surface area contributed by atoms with Crippen molar-refractivity contribution in [3.05, 3.63) is 71.4 Å². The zero-order valence-electron chi connectivity index (χ0n) is 22.2. The average Bonchev–Trinajstić information content (AvgIpc) is 3.31. The van der Waals surface area contributed by atoms with Gasteiger partial charge in [-0.15, -0.1) is 0 Å². The number of nitrogens with zero attached hydrogens (tertiary/aromatic N) is 3. The fraction of sp³-hybridized carbons (Fsp3) is 0.300. The molecule has 0 atom stereocenters. The zero-order chi connectivity index (χ0) is 26.7. The highest BCUT2D eigenvalue weighted by Gasteiger charge is 2.21. The molecule has 0 fully saturated rings. The minimum Gasteiger partial charge on any atom is -0.496 e. The quantitative estimate of drug-likeness (QED) is 0.338. The smallest absolute Gasteiger partial charge is 0.251 e. The number of hydrogen-bond donors (Lipinski definition) is 1. The van der Waals surface area contributed by atoms with Gasteiger partial charge in [0, 0.05) is 36.5 Å². The van der Waals surface area contributed by atoms with E-state index in [4.69, 9.17) is 9.15 Å². The number of amides is 1. The first-order valence-corrected chi connectivity index (χ1v) is 12.1. The number of furan rings is 1. The summed E-state index contributed by atoms with van der Waals surface area (Å²) in [6, 6.07) is 17.1.